The highest BCUT2D eigenvalue weighted by molar-refractivity contribution is 7.17. The van der Waals surface area contributed by atoms with Gasteiger partial charge in [-0.05, 0) is 118 Å². The third-order valence-electron chi connectivity index (χ3n) is 11.6. The lowest BCUT2D eigenvalue weighted by Crippen LogP contribution is -2.38. The number of hydrogen-bond acceptors (Lipinski definition) is 8. The van der Waals surface area contributed by atoms with Crippen molar-refractivity contribution in [3.63, 3.8) is 0 Å². The summed E-state index contributed by atoms with van der Waals surface area (Å²) < 4.78 is 4.82. The number of nitrogens with one attached hydrogen (secondary N) is 2. The van der Waals surface area contributed by atoms with E-state index in [-0.39, 0.29) is 41.8 Å². The third kappa shape index (κ3) is 12.6. The Bertz CT molecular complexity index is 2010. The van der Waals surface area contributed by atoms with Crippen LogP contribution in [0, 0.1) is 11.8 Å². The number of methoxy groups -OCH3 is 1. The summed E-state index contributed by atoms with van der Waals surface area (Å²) in [4.78, 5) is 69.4. The first-order chi connectivity index (χ1) is 28.4. The zero-order valence-electron chi connectivity index (χ0n) is 35.7. The van der Waals surface area contributed by atoms with E-state index in [1.54, 1.807) is 11.9 Å². The van der Waals surface area contributed by atoms with E-state index in [4.69, 9.17) is 4.74 Å². The molecule has 5 rings (SSSR count). The van der Waals surface area contributed by atoms with Crippen LogP contribution >= 0.6 is 11.3 Å². The maximum Gasteiger partial charge on any atom is 0.337 e. The maximum absolute atomic E-state index is 14.0. The zero-order chi connectivity index (χ0) is 42.5. The first-order valence-corrected chi connectivity index (χ1v) is 22.1. The predicted octanol–water partition coefficient (Wildman–Crippen LogP) is 9.19. The van der Waals surface area contributed by atoms with Crippen LogP contribution in [0.15, 0.2) is 72.3 Å². The van der Waals surface area contributed by atoms with Crippen molar-refractivity contribution in [3.8, 4) is 0 Å². The van der Waals surface area contributed by atoms with E-state index in [1.165, 1.54) is 30.9 Å². The molecular formula is C48H62N4O6S. The summed E-state index contributed by atoms with van der Waals surface area (Å²) in [6.07, 6.45) is 15.3. The minimum absolute atomic E-state index is 0.00844. The largest absolute Gasteiger partial charge is 0.465 e. The van der Waals surface area contributed by atoms with Crippen molar-refractivity contribution >= 4 is 51.5 Å². The van der Waals surface area contributed by atoms with Crippen LogP contribution in [-0.4, -0.2) is 72.6 Å². The molecule has 0 radical (unpaired) electrons. The van der Waals surface area contributed by atoms with Gasteiger partial charge >= 0.3 is 5.97 Å². The number of ether oxygens (including phenoxy) is 1. The number of carbonyl (C=O) groups is 5. The lowest BCUT2D eigenvalue weighted by Gasteiger charge is -2.31. The molecular weight excluding hydrogens is 761 g/mol. The van der Waals surface area contributed by atoms with Crippen molar-refractivity contribution in [1.29, 1.82) is 0 Å². The number of carbonyl (C=O) groups excluding carboxylic acids is 5. The van der Waals surface area contributed by atoms with E-state index in [9.17, 15) is 24.0 Å². The quantitative estimate of drug-likeness (QED) is 0.109. The van der Waals surface area contributed by atoms with Crippen LogP contribution in [0.1, 0.15) is 121 Å². The Kier molecular flexibility index (Phi) is 16.8. The fourth-order valence-electron chi connectivity index (χ4n) is 8.27. The number of anilines is 2. The minimum Gasteiger partial charge on any atom is -0.465 e. The van der Waals surface area contributed by atoms with E-state index >= 15 is 0 Å². The van der Waals surface area contributed by atoms with Crippen LogP contribution in [-0.2, 0) is 44.9 Å². The standard InChI is InChI=1S/C48H62N4O6S/c1-7-40(8-2)52(28-12-27-51(5)47(56)32(3)29-33(4)53)31-36-13-11-14-38(30-36)44(54)50-46-43(41-15-9-10-16-42(41)59-46)45(55)49-39-25-21-35(22-26-39)18-17-34-19-23-37(24-20-34)48(57)58-6/h11,13-14,19,21-26,30,32,34,40H,7-10,12,15-18,20,27-29,31H2,1-6H3,(H,49,55)(H,50,54)/t32-,34?/m1/s1. The van der Waals surface area contributed by atoms with Crippen molar-refractivity contribution in [2.45, 2.75) is 111 Å². The Morgan fingerprint density at radius 1 is 0.932 bits per heavy atom. The Balaban J connectivity index is 1.22. The topological polar surface area (TPSA) is 125 Å². The smallest absolute Gasteiger partial charge is 0.337 e. The molecule has 0 saturated carbocycles. The van der Waals surface area contributed by atoms with Gasteiger partial charge in [-0.2, -0.15) is 0 Å². The predicted molar refractivity (Wildman–Crippen MR) is 237 cm³/mol. The Labute approximate surface area is 354 Å². The average molecular weight is 823 g/mol. The average Bonchev–Trinajstić information content (AvgIpc) is 3.61. The molecule has 2 N–H and O–H groups in total. The number of nitrogens with zero attached hydrogens (tertiary/aromatic N) is 2. The second kappa shape index (κ2) is 21.9. The van der Waals surface area contributed by atoms with Gasteiger partial charge in [0.2, 0.25) is 5.91 Å². The number of hydrogen-bond donors (Lipinski definition) is 2. The second-order valence-corrected chi connectivity index (χ2v) is 17.2. The van der Waals surface area contributed by atoms with Crippen molar-refractivity contribution < 1.29 is 28.7 Å². The van der Waals surface area contributed by atoms with Gasteiger partial charge in [-0.25, -0.2) is 4.79 Å². The van der Waals surface area contributed by atoms with E-state index in [0.717, 1.165) is 86.8 Å². The van der Waals surface area contributed by atoms with Gasteiger partial charge < -0.3 is 25.1 Å². The fourth-order valence-corrected chi connectivity index (χ4v) is 9.56. The lowest BCUT2D eigenvalue weighted by molar-refractivity contribution is -0.136. The summed E-state index contributed by atoms with van der Waals surface area (Å²) in [5.41, 5.74) is 5.62. The SMILES string of the molecule is CCC(CC)N(CCCN(C)C(=O)[C@H](C)CC(C)=O)Cc1cccc(C(=O)Nc2sc3c(c2C(=O)Nc2ccc(CCC4C=CC(C(=O)OC)=CC4)cc2)CCCC3)c1. The van der Waals surface area contributed by atoms with Crippen LogP contribution in [0.2, 0.25) is 0 Å². The van der Waals surface area contributed by atoms with E-state index < -0.39 is 0 Å². The molecule has 0 spiro atoms. The summed E-state index contributed by atoms with van der Waals surface area (Å²) in [6.45, 7) is 9.77. The molecule has 3 amide bonds. The third-order valence-corrected chi connectivity index (χ3v) is 12.8. The number of rotatable bonds is 20. The van der Waals surface area contributed by atoms with Gasteiger partial charge in [-0.15, -0.1) is 11.3 Å². The van der Waals surface area contributed by atoms with Crippen LogP contribution in [0.4, 0.5) is 10.7 Å². The number of amides is 3. The zero-order valence-corrected chi connectivity index (χ0v) is 36.6. The van der Waals surface area contributed by atoms with Crippen LogP contribution in [0.25, 0.3) is 0 Å². The molecule has 0 fully saturated rings. The number of fused-ring (bicyclic) bond motifs is 1. The molecule has 2 aromatic carbocycles. The van der Waals surface area contributed by atoms with Gasteiger partial charge in [0, 0.05) is 61.2 Å². The highest BCUT2D eigenvalue weighted by Gasteiger charge is 2.27. The molecule has 10 nitrogen and oxygen atoms in total. The van der Waals surface area contributed by atoms with Gasteiger partial charge in [0.05, 0.1) is 18.2 Å². The molecule has 1 heterocycles. The first-order valence-electron chi connectivity index (χ1n) is 21.3. The number of benzene rings is 2. The molecule has 3 aromatic rings. The van der Waals surface area contributed by atoms with Gasteiger partial charge in [0.25, 0.3) is 11.8 Å². The summed E-state index contributed by atoms with van der Waals surface area (Å²) >= 11 is 1.51. The number of thiophene rings is 1. The molecule has 11 heteroatoms. The number of allylic oxidation sites excluding steroid dienone is 2. The molecule has 1 unspecified atom stereocenters. The van der Waals surface area contributed by atoms with Crippen molar-refractivity contribution in [1.82, 2.24) is 9.80 Å². The highest BCUT2D eigenvalue weighted by atomic mass is 32.1. The van der Waals surface area contributed by atoms with Crippen LogP contribution in [0.5, 0.6) is 0 Å². The lowest BCUT2D eigenvalue weighted by atomic mass is 9.91. The Hall–Kier alpha value is -4.87. The minimum atomic E-state index is -0.324. The molecule has 0 bridgehead atoms. The molecule has 2 aliphatic carbocycles. The number of esters is 1. The van der Waals surface area contributed by atoms with Crippen molar-refractivity contribution in [3.05, 3.63) is 105 Å². The van der Waals surface area contributed by atoms with Crippen LogP contribution in [0.3, 0.4) is 0 Å². The van der Waals surface area contributed by atoms with Crippen LogP contribution < -0.4 is 10.6 Å². The Morgan fingerprint density at radius 2 is 1.68 bits per heavy atom. The van der Waals surface area contributed by atoms with Gasteiger partial charge in [0.1, 0.15) is 10.8 Å². The molecule has 0 saturated heterocycles. The summed E-state index contributed by atoms with van der Waals surface area (Å²) in [5.74, 6) is -0.736. The summed E-state index contributed by atoms with van der Waals surface area (Å²) in [6, 6.07) is 16.0. The summed E-state index contributed by atoms with van der Waals surface area (Å²) in [7, 11) is 3.20. The molecule has 1 aromatic heterocycles. The number of aryl methyl sites for hydroxylation is 2. The number of ketones is 1. The van der Waals surface area contributed by atoms with E-state index in [1.807, 2.05) is 67.6 Å². The molecule has 2 atom stereocenters. The van der Waals surface area contributed by atoms with Gasteiger partial charge in [-0.3, -0.25) is 19.3 Å². The highest BCUT2D eigenvalue weighted by Crippen LogP contribution is 2.39. The fraction of sp³-hybridized carbons (Fsp3) is 0.479. The monoisotopic (exact) mass is 822 g/mol. The second-order valence-electron chi connectivity index (χ2n) is 16.1. The van der Waals surface area contributed by atoms with Crippen molar-refractivity contribution in [2.24, 2.45) is 11.8 Å². The summed E-state index contributed by atoms with van der Waals surface area (Å²) in [5, 5.41) is 6.83. The normalized spacial score (nSPS) is 15.3. The van der Waals surface area contributed by atoms with E-state index in [0.29, 0.717) is 52.4 Å². The molecule has 0 aliphatic heterocycles. The molecule has 316 valence electrons. The molecule has 2 aliphatic rings. The van der Waals surface area contributed by atoms with E-state index in [2.05, 4.69) is 35.5 Å². The van der Waals surface area contributed by atoms with Crippen molar-refractivity contribution in [2.75, 3.05) is 37.9 Å². The molecule has 59 heavy (non-hydrogen) atoms. The van der Waals surface area contributed by atoms with Gasteiger partial charge in [-0.1, -0.05) is 63.3 Å². The van der Waals surface area contributed by atoms with Gasteiger partial charge in [0.15, 0.2) is 0 Å². The number of Topliss-reactive ketones (excluding diaryl/α,β-unsaturated/α-hetero) is 1. The Morgan fingerprint density at radius 3 is 2.36 bits per heavy atom. The maximum atomic E-state index is 14.0. The first kappa shape index (κ1) is 45.2.